The second-order valence-electron chi connectivity index (χ2n) is 5.22. The number of halogens is 1. The van der Waals surface area contributed by atoms with E-state index < -0.39 is 0 Å². The minimum absolute atomic E-state index is 0.0946. The Bertz CT molecular complexity index is 374. The van der Waals surface area contributed by atoms with Crippen molar-refractivity contribution in [1.82, 2.24) is 15.1 Å². The van der Waals surface area contributed by atoms with Crippen molar-refractivity contribution in [3.05, 3.63) is 16.4 Å². The molecule has 0 aliphatic carbocycles. The standard InChI is InChI=1S/C12H22ClN3O/c1-9-10(11(13)16(4)15-9)7-14-8-12(2,3)5-6-17/h14,17H,5-8H2,1-4H3. The minimum atomic E-state index is 0.0946. The molecule has 98 valence electrons. The fourth-order valence-corrected chi connectivity index (χ4v) is 2.03. The van der Waals surface area contributed by atoms with Crippen LogP contribution in [0.5, 0.6) is 0 Å². The van der Waals surface area contributed by atoms with Crippen LogP contribution in [0.25, 0.3) is 0 Å². The molecule has 1 aromatic heterocycles. The van der Waals surface area contributed by atoms with Crippen LogP contribution >= 0.6 is 11.6 Å². The van der Waals surface area contributed by atoms with Gasteiger partial charge in [0, 0.05) is 32.3 Å². The van der Waals surface area contributed by atoms with Crippen LogP contribution in [-0.2, 0) is 13.6 Å². The van der Waals surface area contributed by atoms with E-state index in [9.17, 15) is 0 Å². The van der Waals surface area contributed by atoms with Crippen LogP contribution in [0.15, 0.2) is 0 Å². The van der Waals surface area contributed by atoms with Crippen molar-refractivity contribution in [3.63, 3.8) is 0 Å². The number of aliphatic hydroxyl groups excluding tert-OH is 1. The summed E-state index contributed by atoms with van der Waals surface area (Å²) in [4.78, 5) is 0. The van der Waals surface area contributed by atoms with Crippen LogP contribution in [0.1, 0.15) is 31.5 Å². The Morgan fingerprint density at radius 2 is 2.12 bits per heavy atom. The lowest BCUT2D eigenvalue weighted by molar-refractivity contribution is 0.207. The molecule has 0 saturated heterocycles. The van der Waals surface area contributed by atoms with Crippen LogP contribution in [0, 0.1) is 12.3 Å². The summed E-state index contributed by atoms with van der Waals surface area (Å²) >= 11 is 6.15. The van der Waals surface area contributed by atoms with Crippen LogP contribution in [0.2, 0.25) is 5.15 Å². The predicted octanol–water partition coefficient (Wildman–Crippen LogP) is 1.88. The van der Waals surface area contributed by atoms with Crippen LogP contribution in [0.4, 0.5) is 0 Å². The number of aliphatic hydroxyl groups is 1. The lowest BCUT2D eigenvalue weighted by Gasteiger charge is -2.23. The van der Waals surface area contributed by atoms with E-state index in [-0.39, 0.29) is 12.0 Å². The number of rotatable bonds is 6. The molecule has 0 bridgehead atoms. The summed E-state index contributed by atoms with van der Waals surface area (Å²) < 4.78 is 1.69. The lowest BCUT2D eigenvalue weighted by Crippen LogP contribution is -2.30. The third-order valence-corrected chi connectivity index (χ3v) is 3.44. The van der Waals surface area contributed by atoms with E-state index in [0.29, 0.717) is 11.7 Å². The van der Waals surface area contributed by atoms with Gasteiger partial charge in [-0.1, -0.05) is 25.4 Å². The predicted molar refractivity (Wildman–Crippen MR) is 70.1 cm³/mol. The Labute approximate surface area is 108 Å². The second kappa shape index (κ2) is 5.85. The molecule has 0 saturated carbocycles. The molecule has 4 nitrogen and oxygen atoms in total. The Kier molecular flexibility index (Phi) is 4.98. The first kappa shape index (κ1) is 14.5. The van der Waals surface area contributed by atoms with Crippen molar-refractivity contribution < 1.29 is 5.11 Å². The molecule has 0 atom stereocenters. The maximum absolute atomic E-state index is 8.95. The van der Waals surface area contributed by atoms with Gasteiger partial charge in [0.1, 0.15) is 5.15 Å². The molecule has 0 aliphatic rings. The molecule has 1 rings (SSSR count). The summed E-state index contributed by atoms with van der Waals surface area (Å²) in [6.45, 7) is 8.01. The largest absolute Gasteiger partial charge is 0.396 e. The highest BCUT2D eigenvalue weighted by atomic mass is 35.5. The van der Waals surface area contributed by atoms with Crippen molar-refractivity contribution in [2.45, 2.75) is 33.7 Å². The Morgan fingerprint density at radius 1 is 1.47 bits per heavy atom. The van der Waals surface area contributed by atoms with Crippen LogP contribution < -0.4 is 5.32 Å². The van der Waals surface area contributed by atoms with Gasteiger partial charge < -0.3 is 10.4 Å². The normalized spacial score (nSPS) is 12.1. The zero-order chi connectivity index (χ0) is 13.1. The minimum Gasteiger partial charge on any atom is -0.396 e. The Balaban J connectivity index is 2.51. The van der Waals surface area contributed by atoms with Crippen LogP contribution in [0.3, 0.4) is 0 Å². The number of hydrogen-bond donors (Lipinski definition) is 2. The summed E-state index contributed by atoms with van der Waals surface area (Å²) in [5.74, 6) is 0. The molecule has 1 aromatic rings. The van der Waals surface area contributed by atoms with Gasteiger partial charge in [-0.05, 0) is 18.8 Å². The molecule has 0 spiro atoms. The number of aromatic nitrogens is 2. The molecule has 0 amide bonds. The first-order chi connectivity index (χ1) is 7.87. The van der Waals surface area contributed by atoms with Gasteiger partial charge in [-0.3, -0.25) is 4.68 Å². The fraction of sp³-hybridized carbons (Fsp3) is 0.750. The zero-order valence-electron chi connectivity index (χ0n) is 11.0. The van der Waals surface area contributed by atoms with E-state index in [2.05, 4.69) is 24.3 Å². The molecule has 5 heteroatoms. The molecule has 2 N–H and O–H groups in total. The lowest BCUT2D eigenvalue weighted by atomic mass is 9.90. The summed E-state index contributed by atoms with van der Waals surface area (Å²) in [6, 6.07) is 0. The zero-order valence-corrected chi connectivity index (χ0v) is 11.8. The first-order valence-electron chi connectivity index (χ1n) is 5.87. The third kappa shape index (κ3) is 3.98. The fourth-order valence-electron chi connectivity index (χ4n) is 1.79. The van der Waals surface area contributed by atoms with Gasteiger partial charge in [-0.2, -0.15) is 5.10 Å². The molecule has 0 unspecified atom stereocenters. The maximum Gasteiger partial charge on any atom is 0.131 e. The van der Waals surface area contributed by atoms with E-state index >= 15 is 0 Å². The molecule has 0 fully saturated rings. The average Bonchev–Trinajstić information content (AvgIpc) is 2.44. The molecule has 0 radical (unpaired) electrons. The van der Waals surface area contributed by atoms with Crippen molar-refractivity contribution in [2.75, 3.05) is 13.2 Å². The molecular weight excluding hydrogens is 238 g/mol. The quantitative estimate of drug-likeness (QED) is 0.820. The number of nitrogens with one attached hydrogen (secondary N) is 1. The third-order valence-electron chi connectivity index (χ3n) is 2.96. The van der Waals surface area contributed by atoms with E-state index in [1.165, 1.54) is 0 Å². The summed E-state index contributed by atoms with van der Waals surface area (Å²) in [5, 5.41) is 17.3. The highest BCUT2D eigenvalue weighted by molar-refractivity contribution is 6.30. The second-order valence-corrected chi connectivity index (χ2v) is 5.58. The highest BCUT2D eigenvalue weighted by Crippen LogP contribution is 2.20. The van der Waals surface area contributed by atoms with Crippen molar-refractivity contribution >= 4 is 11.6 Å². The van der Waals surface area contributed by atoms with E-state index in [0.717, 1.165) is 24.2 Å². The van der Waals surface area contributed by atoms with Gasteiger partial charge in [0.2, 0.25) is 0 Å². The molecular formula is C12H22ClN3O. The van der Waals surface area contributed by atoms with Gasteiger partial charge in [-0.25, -0.2) is 0 Å². The van der Waals surface area contributed by atoms with Gasteiger partial charge in [-0.15, -0.1) is 0 Å². The van der Waals surface area contributed by atoms with E-state index in [1.54, 1.807) is 4.68 Å². The van der Waals surface area contributed by atoms with E-state index in [4.69, 9.17) is 16.7 Å². The average molecular weight is 260 g/mol. The monoisotopic (exact) mass is 259 g/mol. The van der Waals surface area contributed by atoms with Gasteiger partial charge in [0.25, 0.3) is 0 Å². The SMILES string of the molecule is Cc1nn(C)c(Cl)c1CNCC(C)(C)CCO. The molecule has 0 aliphatic heterocycles. The topological polar surface area (TPSA) is 50.1 Å². The molecule has 0 aromatic carbocycles. The van der Waals surface area contributed by atoms with Crippen molar-refractivity contribution in [3.8, 4) is 0 Å². The molecule has 1 heterocycles. The van der Waals surface area contributed by atoms with Gasteiger partial charge in [0.05, 0.1) is 5.69 Å². The van der Waals surface area contributed by atoms with E-state index in [1.807, 2.05) is 14.0 Å². The maximum atomic E-state index is 8.95. The van der Waals surface area contributed by atoms with Crippen molar-refractivity contribution in [2.24, 2.45) is 12.5 Å². The summed E-state index contributed by atoms with van der Waals surface area (Å²) in [6.07, 6.45) is 0.791. The highest BCUT2D eigenvalue weighted by Gasteiger charge is 2.17. The smallest absolute Gasteiger partial charge is 0.131 e. The summed E-state index contributed by atoms with van der Waals surface area (Å²) in [5.41, 5.74) is 2.11. The first-order valence-corrected chi connectivity index (χ1v) is 6.25. The number of aryl methyl sites for hydroxylation is 2. The summed E-state index contributed by atoms with van der Waals surface area (Å²) in [7, 11) is 1.84. The van der Waals surface area contributed by atoms with Crippen LogP contribution in [-0.4, -0.2) is 28.0 Å². The number of hydrogen-bond acceptors (Lipinski definition) is 3. The van der Waals surface area contributed by atoms with Crippen molar-refractivity contribution in [1.29, 1.82) is 0 Å². The number of nitrogens with zero attached hydrogens (tertiary/aromatic N) is 2. The van der Waals surface area contributed by atoms with Gasteiger partial charge in [0.15, 0.2) is 0 Å². The molecule has 17 heavy (non-hydrogen) atoms. The Hall–Kier alpha value is -0.580. The Morgan fingerprint density at radius 3 is 2.59 bits per heavy atom. The van der Waals surface area contributed by atoms with Gasteiger partial charge >= 0.3 is 0 Å².